The van der Waals surface area contributed by atoms with Crippen LogP contribution < -0.4 is 0 Å². The van der Waals surface area contributed by atoms with Gasteiger partial charge in [0.05, 0.1) is 0 Å². The van der Waals surface area contributed by atoms with Gasteiger partial charge in [-0.25, -0.2) is 0 Å². The molecule has 0 bridgehead atoms. The first-order valence-corrected chi connectivity index (χ1v) is 3.32. The van der Waals surface area contributed by atoms with Gasteiger partial charge >= 0.3 is 0 Å². The van der Waals surface area contributed by atoms with Crippen LogP contribution in [0.2, 0.25) is 0 Å². The first-order chi connectivity index (χ1) is 4.22. The van der Waals surface area contributed by atoms with Crippen molar-refractivity contribution < 1.29 is 9.53 Å². The van der Waals surface area contributed by atoms with Crippen LogP contribution in [-0.4, -0.2) is 18.5 Å². The summed E-state index contributed by atoms with van der Waals surface area (Å²) >= 11 is 5.16. The highest BCUT2D eigenvalue weighted by atomic mass is 35.5. The number of ether oxygens (including phenoxy) is 1. The molecule has 2 nitrogen and oxygen atoms in total. The van der Waals surface area contributed by atoms with Crippen LogP contribution >= 0.6 is 11.6 Å². The van der Waals surface area contributed by atoms with Gasteiger partial charge in [-0.05, 0) is 18.0 Å². The van der Waals surface area contributed by atoms with E-state index in [1.165, 1.54) is 7.11 Å². The molecule has 0 radical (unpaired) electrons. The molecule has 1 atom stereocenters. The van der Waals surface area contributed by atoms with E-state index >= 15 is 0 Å². The average molecular weight is 151 g/mol. The Morgan fingerprint density at radius 1 is 1.78 bits per heavy atom. The van der Waals surface area contributed by atoms with Crippen molar-refractivity contribution in [1.82, 2.24) is 0 Å². The smallest absolute Gasteiger partial charge is 0.250 e. The monoisotopic (exact) mass is 150 g/mol. The molecule has 1 unspecified atom stereocenters. The molecule has 0 aromatic heterocycles. The van der Waals surface area contributed by atoms with Crippen molar-refractivity contribution in [2.45, 2.75) is 25.9 Å². The van der Waals surface area contributed by atoms with Crippen molar-refractivity contribution in [1.29, 1.82) is 0 Å². The largest absolute Gasteiger partial charge is 0.372 e. The number of hydrogen-bond acceptors (Lipinski definition) is 2. The molecule has 0 aromatic rings. The molecular formula is C6H11ClO2. The fourth-order valence-corrected chi connectivity index (χ4v) is 0.784. The number of hydrogen-bond donors (Lipinski definition) is 0. The number of halogens is 1. The highest BCUT2D eigenvalue weighted by Crippen LogP contribution is 2.03. The SMILES string of the molecule is CCCC(OC)C(=O)Cl. The molecule has 0 spiro atoms. The summed E-state index contributed by atoms with van der Waals surface area (Å²) in [7, 11) is 1.49. The lowest BCUT2D eigenvalue weighted by atomic mass is 10.2. The molecule has 0 fully saturated rings. The van der Waals surface area contributed by atoms with E-state index in [1.807, 2.05) is 6.92 Å². The Morgan fingerprint density at radius 3 is 2.44 bits per heavy atom. The van der Waals surface area contributed by atoms with Gasteiger partial charge in [0.1, 0.15) is 6.10 Å². The maximum Gasteiger partial charge on any atom is 0.250 e. The standard InChI is InChI=1S/C6H11ClO2/c1-3-4-5(9-2)6(7)8/h5H,3-4H2,1-2H3. The van der Waals surface area contributed by atoms with Crippen LogP contribution in [0.5, 0.6) is 0 Å². The van der Waals surface area contributed by atoms with E-state index in [-0.39, 0.29) is 0 Å². The fourth-order valence-electron chi connectivity index (χ4n) is 0.586. The number of rotatable bonds is 4. The van der Waals surface area contributed by atoms with Crippen LogP contribution in [0.25, 0.3) is 0 Å². The summed E-state index contributed by atoms with van der Waals surface area (Å²) in [5.41, 5.74) is 0. The zero-order valence-corrected chi connectivity index (χ0v) is 6.44. The Labute approximate surface area is 60.1 Å². The van der Waals surface area contributed by atoms with E-state index in [9.17, 15) is 4.79 Å². The molecule has 54 valence electrons. The normalized spacial score (nSPS) is 13.2. The highest BCUT2D eigenvalue weighted by molar-refractivity contribution is 6.64. The number of carbonyl (C=O) groups is 1. The summed E-state index contributed by atoms with van der Waals surface area (Å²) < 4.78 is 4.77. The van der Waals surface area contributed by atoms with Crippen LogP contribution in [-0.2, 0) is 9.53 Å². The van der Waals surface area contributed by atoms with Gasteiger partial charge in [-0.1, -0.05) is 13.3 Å². The quantitative estimate of drug-likeness (QED) is 0.569. The summed E-state index contributed by atoms with van der Waals surface area (Å²) in [6, 6.07) is 0. The van der Waals surface area contributed by atoms with E-state index in [2.05, 4.69) is 0 Å². The number of methoxy groups -OCH3 is 1. The molecule has 9 heavy (non-hydrogen) atoms. The minimum absolute atomic E-state index is 0.403. The summed E-state index contributed by atoms with van der Waals surface area (Å²) in [5, 5.41) is -0.403. The van der Waals surface area contributed by atoms with Gasteiger partial charge in [0.15, 0.2) is 0 Å². The van der Waals surface area contributed by atoms with Gasteiger partial charge in [0.2, 0.25) is 5.24 Å². The summed E-state index contributed by atoms with van der Waals surface area (Å²) in [4.78, 5) is 10.4. The third-order valence-corrected chi connectivity index (χ3v) is 1.33. The molecule has 0 saturated heterocycles. The van der Waals surface area contributed by atoms with E-state index in [0.29, 0.717) is 6.42 Å². The third-order valence-electron chi connectivity index (χ3n) is 1.09. The van der Waals surface area contributed by atoms with Crippen LogP contribution in [0, 0.1) is 0 Å². The zero-order valence-electron chi connectivity index (χ0n) is 5.69. The Kier molecular flexibility index (Phi) is 4.72. The highest BCUT2D eigenvalue weighted by Gasteiger charge is 2.12. The maximum absolute atomic E-state index is 10.4. The predicted molar refractivity (Wildman–Crippen MR) is 36.6 cm³/mol. The van der Waals surface area contributed by atoms with E-state index < -0.39 is 11.3 Å². The third kappa shape index (κ3) is 3.49. The lowest BCUT2D eigenvalue weighted by Crippen LogP contribution is -2.17. The van der Waals surface area contributed by atoms with Gasteiger partial charge in [0, 0.05) is 7.11 Å². The van der Waals surface area contributed by atoms with E-state index in [0.717, 1.165) is 6.42 Å². The molecule has 0 aromatic carbocycles. The summed E-state index contributed by atoms with van der Waals surface area (Å²) in [6.07, 6.45) is 1.21. The summed E-state index contributed by atoms with van der Waals surface area (Å²) in [5.74, 6) is 0. The molecule has 0 heterocycles. The maximum atomic E-state index is 10.4. The Morgan fingerprint density at radius 2 is 2.33 bits per heavy atom. The second-order valence-electron chi connectivity index (χ2n) is 1.82. The lowest BCUT2D eigenvalue weighted by Gasteiger charge is -2.06. The van der Waals surface area contributed by atoms with Gasteiger partial charge in [0.25, 0.3) is 0 Å². The minimum Gasteiger partial charge on any atom is -0.372 e. The Balaban J connectivity index is 3.54. The first kappa shape index (κ1) is 8.92. The second kappa shape index (κ2) is 4.77. The molecule has 3 heteroatoms. The van der Waals surface area contributed by atoms with Gasteiger partial charge in [-0.3, -0.25) is 4.79 Å². The van der Waals surface area contributed by atoms with Crippen molar-refractivity contribution in [2.75, 3.05) is 7.11 Å². The van der Waals surface area contributed by atoms with Crippen LogP contribution in [0.1, 0.15) is 19.8 Å². The second-order valence-corrected chi connectivity index (χ2v) is 2.19. The number of carbonyl (C=O) groups excluding carboxylic acids is 1. The molecule has 0 aliphatic rings. The van der Waals surface area contributed by atoms with E-state index in [4.69, 9.17) is 16.3 Å². The predicted octanol–water partition coefficient (Wildman–Crippen LogP) is 1.57. The summed E-state index contributed by atoms with van der Waals surface area (Å²) in [6.45, 7) is 1.98. The molecule has 0 N–H and O–H groups in total. The average Bonchev–Trinajstić information content (AvgIpc) is 1.82. The minimum atomic E-state index is -0.406. The molecule has 0 rings (SSSR count). The fraction of sp³-hybridized carbons (Fsp3) is 0.833. The van der Waals surface area contributed by atoms with Crippen molar-refractivity contribution >= 4 is 16.8 Å². The molecule has 0 saturated carbocycles. The van der Waals surface area contributed by atoms with Crippen molar-refractivity contribution in [3.05, 3.63) is 0 Å². The molecule has 0 amide bonds. The van der Waals surface area contributed by atoms with Crippen LogP contribution in [0.4, 0.5) is 0 Å². The molecular weight excluding hydrogens is 140 g/mol. The van der Waals surface area contributed by atoms with Crippen molar-refractivity contribution in [3.63, 3.8) is 0 Å². The Bertz CT molecular complexity index is 93.1. The zero-order chi connectivity index (χ0) is 7.28. The van der Waals surface area contributed by atoms with Gasteiger partial charge in [-0.2, -0.15) is 0 Å². The van der Waals surface area contributed by atoms with Gasteiger partial charge in [-0.15, -0.1) is 0 Å². The van der Waals surface area contributed by atoms with Crippen LogP contribution in [0.15, 0.2) is 0 Å². The van der Waals surface area contributed by atoms with Gasteiger partial charge < -0.3 is 4.74 Å². The lowest BCUT2D eigenvalue weighted by molar-refractivity contribution is -0.121. The first-order valence-electron chi connectivity index (χ1n) is 2.94. The topological polar surface area (TPSA) is 26.3 Å². The molecule has 0 aliphatic carbocycles. The van der Waals surface area contributed by atoms with E-state index in [1.54, 1.807) is 0 Å². The van der Waals surface area contributed by atoms with Crippen molar-refractivity contribution in [3.8, 4) is 0 Å². The molecule has 0 aliphatic heterocycles. The Hall–Kier alpha value is -0.0800. The van der Waals surface area contributed by atoms with Crippen LogP contribution in [0.3, 0.4) is 0 Å². The van der Waals surface area contributed by atoms with Crippen molar-refractivity contribution in [2.24, 2.45) is 0 Å².